The van der Waals surface area contributed by atoms with Gasteiger partial charge in [-0.3, -0.25) is 0 Å². The minimum absolute atomic E-state index is 0.212. The van der Waals surface area contributed by atoms with E-state index in [0.29, 0.717) is 6.04 Å². The topological polar surface area (TPSA) is 41.5 Å². The van der Waals surface area contributed by atoms with Crippen molar-refractivity contribution in [3.05, 3.63) is 29.8 Å². The maximum atomic E-state index is 9.26. The first kappa shape index (κ1) is 14.7. The molecule has 0 spiro atoms. The molecule has 1 aliphatic heterocycles. The third kappa shape index (κ3) is 4.41. The molecule has 2 N–H and O–H groups in total. The monoisotopic (exact) mass is 281 g/mol. The zero-order chi connectivity index (χ0) is 13.5. The Morgan fingerprint density at radius 3 is 2.79 bits per heavy atom. The summed E-state index contributed by atoms with van der Waals surface area (Å²) in [5.41, 5.74) is 1.23. The summed E-state index contributed by atoms with van der Waals surface area (Å²) in [6.07, 6.45) is 3.29. The minimum atomic E-state index is 0.212. The summed E-state index contributed by atoms with van der Waals surface area (Å²) in [6, 6.07) is 8.94. The molecule has 2 unspecified atom stereocenters. The number of nitrogens with one attached hydrogen (secondary N) is 1. The third-order valence-corrected chi connectivity index (χ3v) is 4.75. The number of aliphatic hydroxyl groups is 1. The summed E-state index contributed by atoms with van der Waals surface area (Å²) in [6.45, 7) is 0.212. The van der Waals surface area contributed by atoms with E-state index in [0.717, 1.165) is 12.2 Å². The summed E-state index contributed by atoms with van der Waals surface area (Å²) in [5.74, 6) is 3.34. The zero-order valence-corrected chi connectivity index (χ0v) is 12.3. The molecule has 106 valence electrons. The fraction of sp³-hybridized carbons (Fsp3) is 0.600. The molecule has 1 heterocycles. The Balaban J connectivity index is 2.00. The Morgan fingerprint density at radius 1 is 1.42 bits per heavy atom. The molecular formula is C15H23NO2S. The van der Waals surface area contributed by atoms with Crippen LogP contribution in [0.25, 0.3) is 0 Å². The van der Waals surface area contributed by atoms with Crippen molar-refractivity contribution in [3.8, 4) is 5.75 Å². The van der Waals surface area contributed by atoms with Crippen LogP contribution in [0.4, 0.5) is 0 Å². The molecule has 1 aromatic carbocycles. The predicted octanol–water partition coefficient (Wildman–Crippen LogP) is 2.60. The Morgan fingerprint density at radius 2 is 2.21 bits per heavy atom. The van der Waals surface area contributed by atoms with Crippen molar-refractivity contribution in [2.45, 2.75) is 31.3 Å². The number of rotatable bonds is 6. The molecule has 1 aliphatic rings. The number of methoxy groups -OCH3 is 1. The van der Waals surface area contributed by atoms with Crippen LogP contribution in [0, 0.1) is 0 Å². The third-order valence-electron chi connectivity index (χ3n) is 3.53. The van der Waals surface area contributed by atoms with E-state index in [1.54, 1.807) is 7.11 Å². The van der Waals surface area contributed by atoms with Gasteiger partial charge in [0.1, 0.15) is 5.75 Å². The largest absolute Gasteiger partial charge is 0.497 e. The van der Waals surface area contributed by atoms with E-state index in [9.17, 15) is 5.11 Å². The van der Waals surface area contributed by atoms with Gasteiger partial charge in [0.25, 0.3) is 0 Å². The van der Waals surface area contributed by atoms with Gasteiger partial charge in [-0.1, -0.05) is 12.1 Å². The maximum Gasteiger partial charge on any atom is 0.118 e. The molecule has 2 atom stereocenters. The first-order valence-electron chi connectivity index (χ1n) is 6.92. The Bertz CT molecular complexity index is 363. The van der Waals surface area contributed by atoms with Crippen LogP contribution >= 0.6 is 11.8 Å². The molecule has 0 aliphatic carbocycles. The molecule has 4 heteroatoms. The van der Waals surface area contributed by atoms with Gasteiger partial charge >= 0.3 is 0 Å². The molecule has 1 aromatic rings. The normalized spacial score (nSPS) is 21.1. The van der Waals surface area contributed by atoms with Crippen molar-refractivity contribution >= 4 is 11.8 Å². The molecular weight excluding hydrogens is 258 g/mol. The van der Waals surface area contributed by atoms with E-state index < -0.39 is 0 Å². The summed E-state index contributed by atoms with van der Waals surface area (Å²) in [7, 11) is 1.68. The van der Waals surface area contributed by atoms with E-state index in [1.165, 1.54) is 29.9 Å². The lowest BCUT2D eigenvalue weighted by Gasteiger charge is -2.28. The van der Waals surface area contributed by atoms with Gasteiger partial charge in [-0.05, 0) is 42.7 Å². The minimum Gasteiger partial charge on any atom is -0.497 e. The Labute approximate surface area is 119 Å². The van der Waals surface area contributed by atoms with Gasteiger partial charge < -0.3 is 15.2 Å². The Hall–Kier alpha value is -0.710. The average Bonchev–Trinajstić information content (AvgIpc) is 2.48. The quantitative estimate of drug-likeness (QED) is 0.841. The standard InChI is InChI=1S/C15H23NO2S/c1-18-14-6-4-12(5-7-14)15(8-9-17)16-13-3-2-10-19-11-13/h4-7,13,15-17H,2-3,8-11H2,1H3. The van der Waals surface area contributed by atoms with Crippen LogP contribution in [-0.4, -0.2) is 36.4 Å². The maximum absolute atomic E-state index is 9.26. The average molecular weight is 281 g/mol. The SMILES string of the molecule is COc1ccc(C(CCO)NC2CCCSC2)cc1. The highest BCUT2D eigenvalue weighted by molar-refractivity contribution is 7.99. The van der Waals surface area contributed by atoms with E-state index in [-0.39, 0.29) is 12.6 Å². The first-order valence-corrected chi connectivity index (χ1v) is 8.07. The van der Waals surface area contributed by atoms with E-state index in [2.05, 4.69) is 17.4 Å². The molecule has 0 radical (unpaired) electrons. The van der Waals surface area contributed by atoms with E-state index >= 15 is 0 Å². The van der Waals surface area contributed by atoms with Gasteiger partial charge in [0.15, 0.2) is 0 Å². The molecule has 0 bridgehead atoms. The van der Waals surface area contributed by atoms with Crippen molar-refractivity contribution in [1.29, 1.82) is 0 Å². The zero-order valence-electron chi connectivity index (χ0n) is 11.5. The highest BCUT2D eigenvalue weighted by Crippen LogP contribution is 2.24. The summed E-state index contributed by atoms with van der Waals surface area (Å²) < 4.78 is 5.19. The number of ether oxygens (including phenoxy) is 1. The number of hydrogen-bond acceptors (Lipinski definition) is 4. The van der Waals surface area contributed by atoms with Gasteiger partial charge in [-0.15, -0.1) is 0 Å². The summed E-state index contributed by atoms with van der Waals surface area (Å²) in [5, 5.41) is 12.9. The lowest BCUT2D eigenvalue weighted by molar-refractivity contribution is 0.258. The van der Waals surface area contributed by atoms with Crippen LogP contribution in [0.5, 0.6) is 5.75 Å². The number of hydrogen-bond donors (Lipinski definition) is 2. The lowest BCUT2D eigenvalue weighted by Crippen LogP contribution is -2.37. The van der Waals surface area contributed by atoms with Crippen LogP contribution in [0.15, 0.2) is 24.3 Å². The molecule has 0 saturated carbocycles. The number of benzene rings is 1. The fourth-order valence-electron chi connectivity index (χ4n) is 2.47. The van der Waals surface area contributed by atoms with E-state index in [1.807, 2.05) is 23.9 Å². The number of aliphatic hydroxyl groups excluding tert-OH is 1. The molecule has 1 fully saturated rings. The van der Waals surface area contributed by atoms with E-state index in [4.69, 9.17) is 4.74 Å². The Kier molecular flexibility index (Phi) is 6.01. The lowest BCUT2D eigenvalue weighted by atomic mass is 10.0. The van der Waals surface area contributed by atoms with Gasteiger partial charge in [-0.25, -0.2) is 0 Å². The van der Waals surface area contributed by atoms with Crippen LogP contribution in [0.2, 0.25) is 0 Å². The molecule has 0 aromatic heterocycles. The second-order valence-corrected chi connectivity index (χ2v) is 6.07. The summed E-state index contributed by atoms with van der Waals surface area (Å²) >= 11 is 2.02. The second-order valence-electron chi connectivity index (χ2n) is 4.92. The molecule has 3 nitrogen and oxygen atoms in total. The van der Waals surface area contributed by atoms with Gasteiger partial charge in [0.05, 0.1) is 7.11 Å². The second kappa shape index (κ2) is 7.78. The van der Waals surface area contributed by atoms with Crippen molar-refractivity contribution in [3.63, 3.8) is 0 Å². The van der Waals surface area contributed by atoms with Crippen molar-refractivity contribution < 1.29 is 9.84 Å². The summed E-state index contributed by atoms with van der Waals surface area (Å²) in [4.78, 5) is 0. The number of thioether (sulfide) groups is 1. The molecule has 0 amide bonds. The van der Waals surface area contributed by atoms with Gasteiger partial charge in [-0.2, -0.15) is 11.8 Å². The molecule has 19 heavy (non-hydrogen) atoms. The highest BCUT2D eigenvalue weighted by Gasteiger charge is 2.19. The predicted molar refractivity (Wildman–Crippen MR) is 80.9 cm³/mol. The first-order chi connectivity index (χ1) is 9.33. The van der Waals surface area contributed by atoms with Gasteiger partial charge in [0, 0.05) is 24.4 Å². The van der Waals surface area contributed by atoms with Crippen molar-refractivity contribution in [2.75, 3.05) is 25.2 Å². The molecule has 1 saturated heterocycles. The van der Waals surface area contributed by atoms with Crippen LogP contribution in [-0.2, 0) is 0 Å². The van der Waals surface area contributed by atoms with Gasteiger partial charge in [0.2, 0.25) is 0 Å². The van der Waals surface area contributed by atoms with Crippen LogP contribution < -0.4 is 10.1 Å². The molecule has 2 rings (SSSR count). The smallest absolute Gasteiger partial charge is 0.118 e. The van der Waals surface area contributed by atoms with Crippen molar-refractivity contribution in [2.24, 2.45) is 0 Å². The fourth-order valence-corrected chi connectivity index (χ4v) is 3.55. The highest BCUT2D eigenvalue weighted by atomic mass is 32.2. The van der Waals surface area contributed by atoms with Crippen LogP contribution in [0.1, 0.15) is 30.9 Å². The van der Waals surface area contributed by atoms with Crippen molar-refractivity contribution in [1.82, 2.24) is 5.32 Å². The van der Waals surface area contributed by atoms with Crippen LogP contribution in [0.3, 0.4) is 0 Å².